The Morgan fingerprint density at radius 2 is 1.48 bits per heavy atom. The van der Waals surface area contributed by atoms with Crippen LogP contribution in [-0.4, -0.2) is 65.1 Å². The van der Waals surface area contributed by atoms with Crippen molar-refractivity contribution in [3.63, 3.8) is 0 Å². The molecule has 0 aromatic heterocycles. The first-order chi connectivity index (χ1) is 20.3. The van der Waals surface area contributed by atoms with E-state index in [0.717, 1.165) is 0 Å². The van der Waals surface area contributed by atoms with Gasteiger partial charge in [-0.25, -0.2) is 4.79 Å². The van der Waals surface area contributed by atoms with Crippen LogP contribution in [0.5, 0.6) is 23.0 Å². The summed E-state index contributed by atoms with van der Waals surface area (Å²) in [7, 11) is 6.01. The first-order valence-corrected chi connectivity index (χ1v) is 13.8. The van der Waals surface area contributed by atoms with Crippen molar-refractivity contribution >= 4 is 23.4 Å². The smallest absolute Gasteiger partial charge is 0.336 e. The van der Waals surface area contributed by atoms with Crippen LogP contribution in [0.4, 0.5) is 0 Å². The molecule has 0 amide bonds. The Bertz CT molecular complexity index is 1400. The van der Waals surface area contributed by atoms with E-state index >= 15 is 0 Å². The lowest BCUT2D eigenvalue weighted by Crippen LogP contribution is -2.48. The van der Waals surface area contributed by atoms with Crippen LogP contribution in [-0.2, 0) is 23.9 Å². The van der Waals surface area contributed by atoms with E-state index in [1.165, 1.54) is 21.3 Å². The maximum Gasteiger partial charge on any atom is 0.336 e. The molecule has 10 nitrogen and oxygen atoms in total. The Balaban J connectivity index is 1.97. The summed E-state index contributed by atoms with van der Waals surface area (Å²) >= 11 is 0. The average molecular weight is 580 g/mol. The molecular formula is C32H37NO9. The zero-order valence-electron chi connectivity index (χ0n) is 25.0. The highest BCUT2D eigenvalue weighted by Gasteiger charge is 2.53. The molecule has 1 saturated carbocycles. The third kappa shape index (κ3) is 5.45. The van der Waals surface area contributed by atoms with E-state index in [1.54, 1.807) is 46.1 Å². The minimum absolute atomic E-state index is 0.107. The number of para-hydroxylation sites is 1. The number of hydrogen-bond donors (Lipinski definition) is 0. The molecule has 1 aliphatic carbocycles. The Kier molecular flexibility index (Phi) is 9.55. The molecule has 2 aliphatic rings. The maximum atomic E-state index is 14.6. The van der Waals surface area contributed by atoms with Crippen molar-refractivity contribution in [1.29, 1.82) is 0 Å². The van der Waals surface area contributed by atoms with E-state index in [9.17, 15) is 14.4 Å². The van der Waals surface area contributed by atoms with Crippen LogP contribution >= 0.6 is 0 Å². The number of ketones is 1. The van der Waals surface area contributed by atoms with Crippen LogP contribution in [0.1, 0.15) is 50.2 Å². The number of nitrogens with zero attached hydrogens (tertiary/aromatic N) is 1. The van der Waals surface area contributed by atoms with Crippen molar-refractivity contribution in [3.8, 4) is 23.0 Å². The number of esters is 2. The SMILES string of the molecule is CCOC(=O)C1=C(C)N=C2C[C@@H](c3ccccc3OC)[C@@H](C(=O)OCC)C(=O)C2[C@@H]1c1cc(OC)c(OC)c(OC)c1. The number of carbonyl (C=O) groups is 3. The van der Waals surface area contributed by atoms with E-state index in [1.807, 2.05) is 18.2 Å². The van der Waals surface area contributed by atoms with Crippen LogP contribution in [0, 0.1) is 11.8 Å². The van der Waals surface area contributed by atoms with Crippen LogP contribution in [0.3, 0.4) is 0 Å². The van der Waals surface area contributed by atoms with E-state index in [0.29, 0.717) is 45.5 Å². The molecule has 10 heteroatoms. The average Bonchev–Trinajstić information content (AvgIpc) is 2.99. The molecule has 1 fully saturated rings. The number of carbonyl (C=O) groups excluding carboxylic acids is 3. The first-order valence-electron chi connectivity index (χ1n) is 13.8. The second kappa shape index (κ2) is 13.1. The number of hydrogen-bond acceptors (Lipinski definition) is 10. The summed E-state index contributed by atoms with van der Waals surface area (Å²) < 4.78 is 33.2. The molecular weight excluding hydrogens is 542 g/mol. The van der Waals surface area contributed by atoms with Gasteiger partial charge < -0.3 is 28.4 Å². The fourth-order valence-electron chi connectivity index (χ4n) is 6.06. The van der Waals surface area contributed by atoms with Crippen molar-refractivity contribution in [3.05, 3.63) is 58.8 Å². The summed E-state index contributed by atoms with van der Waals surface area (Å²) in [6.07, 6.45) is 0.272. The first kappa shape index (κ1) is 30.6. The van der Waals surface area contributed by atoms with Gasteiger partial charge >= 0.3 is 11.9 Å². The normalized spacial score (nSPS) is 21.6. The molecule has 224 valence electrons. The van der Waals surface area contributed by atoms with Crippen LogP contribution in [0.2, 0.25) is 0 Å². The predicted octanol–water partition coefficient (Wildman–Crippen LogP) is 4.65. The molecule has 0 bridgehead atoms. The molecule has 1 aliphatic heterocycles. The number of aliphatic imine (C=N–C) groups is 1. The van der Waals surface area contributed by atoms with Crippen molar-refractivity contribution in [2.45, 2.75) is 39.0 Å². The van der Waals surface area contributed by atoms with Gasteiger partial charge in [0.15, 0.2) is 17.3 Å². The fraction of sp³-hybridized carbons (Fsp3) is 0.438. The second-order valence-corrected chi connectivity index (χ2v) is 9.92. The highest BCUT2D eigenvalue weighted by Crippen LogP contribution is 2.51. The van der Waals surface area contributed by atoms with Gasteiger partial charge in [0.05, 0.1) is 53.1 Å². The lowest BCUT2D eigenvalue weighted by molar-refractivity contribution is -0.153. The quantitative estimate of drug-likeness (QED) is 0.293. The van der Waals surface area contributed by atoms with Gasteiger partial charge in [0.2, 0.25) is 5.75 Å². The summed E-state index contributed by atoms with van der Waals surface area (Å²) in [6, 6.07) is 10.7. The van der Waals surface area contributed by atoms with Gasteiger partial charge in [0.1, 0.15) is 11.7 Å². The van der Waals surface area contributed by atoms with Gasteiger partial charge in [-0.15, -0.1) is 0 Å². The highest BCUT2D eigenvalue weighted by molar-refractivity contribution is 6.18. The van der Waals surface area contributed by atoms with Gasteiger partial charge in [-0.05, 0) is 56.5 Å². The Labute approximate surface area is 245 Å². The summed E-state index contributed by atoms with van der Waals surface area (Å²) in [6.45, 7) is 5.37. The number of benzene rings is 2. The van der Waals surface area contributed by atoms with Crippen molar-refractivity contribution < 1.29 is 42.8 Å². The summed E-state index contributed by atoms with van der Waals surface area (Å²) in [5.41, 5.74) is 2.47. The van der Waals surface area contributed by atoms with Crippen LogP contribution in [0.15, 0.2) is 52.7 Å². The third-order valence-electron chi connectivity index (χ3n) is 7.77. The number of allylic oxidation sites excluding steroid dienone is 1. The predicted molar refractivity (Wildman–Crippen MR) is 155 cm³/mol. The summed E-state index contributed by atoms with van der Waals surface area (Å²) in [5.74, 6) is -3.52. The van der Waals surface area contributed by atoms with E-state index in [-0.39, 0.29) is 25.2 Å². The Morgan fingerprint density at radius 1 is 0.857 bits per heavy atom. The minimum Gasteiger partial charge on any atom is -0.496 e. The van der Waals surface area contributed by atoms with E-state index in [2.05, 4.69) is 0 Å². The number of ether oxygens (including phenoxy) is 6. The molecule has 0 radical (unpaired) electrons. The minimum atomic E-state index is -1.16. The van der Waals surface area contributed by atoms with Gasteiger partial charge in [-0.2, -0.15) is 0 Å². The van der Waals surface area contributed by atoms with Gasteiger partial charge in [0, 0.05) is 23.2 Å². The number of methoxy groups -OCH3 is 4. The molecule has 0 spiro atoms. The van der Waals surface area contributed by atoms with Gasteiger partial charge in [-0.3, -0.25) is 14.6 Å². The molecule has 0 saturated heterocycles. The molecule has 1 unspecified atom stereocenters. The second-order valence-electron chi connectivity index (χ2n) is 9.92. The summed E-state index contributed by atoms with van der Waals surface area (Å²) in [5, 5.41) is 0. The van der Waals surface area contributed by atoms with Crippen molar-refractivity contribution in [2.75, 3.05) is 41.7 Å². The monoisotopic (exact) mass is 579 g/mol. The Hall–Kier alpha value is -4.34. The van der Waals surface area contributed by atoms with Crippen LogP contribution < -0.4 is 18.9 Å². The molecule has 42 heavy (non-hydrogen) atoms. The topological polar surface area (TPSA) is 119 Å². The van der Waals surface area contributed by atoms with Gasteiger partial charge in [-0.1, -0.05) is 18.2 Å². The van der Waals surface area contributed by atoms with Crippen LogP contribution in [0.25, 0.3) is 0 Å². The lowest BCUT2D eigenvalue weighted by Gasteiger charge is -2.41. The van der Waals surface area contributed by atoms with Gasteiger partial charge in [0.25, 0.3) is 0 Å². The lowest BCUT2D eigenvalue weighted by atomic mass is 9.62. The zero-order valence-corrected chi connectivity index (χ0v) is 25.0. The summed E-state index contributed by atoms with van der Waals surface area (Å²) in [4.78, 5) is 46.4. The number of rotatable bonds is 10. The fourth-order valence-corrected chi connectivity index (χ4v) is 6.06. The molecule has 0 N–H and O–H groups in total. The number of fused-ring (bicyclic) bond motifs is 1. The molecule has 4 atom stereocenters. The molecule has 1 heterocycles. The molecule has 2 aromatic rings. The zero-order chi connectivity index (χ0) is 30.6. The molecule has 2 aromatic carbocycles. The van der Waals surface area contributed by atoms with E-state index in [4.69, 9.17) is 33.4 Å². The standard InChI is InChI=1S/C32H37NO9/c1-8-41-31(35)25-17(3)33-21-16-20(19-12-10-11-13-22(19)37-4)27(32(36)42-9-2)29(34)28(21)26(25)18-14-23(38-5)30(40-7)24(15-18)39-6/h10-15,20,26-28H,8-9,16H2,1-7H3/t20-,26+,27+,28?/m0/s1. The van der Waals surface area contributed by atoms with Crippen molar-refractivity contribution in [1.82, 2.24) is 0 Å². The maximum absolute atomic E-state index is 14.6. The van der Waals surface area contributed by atoms with E-state index < -0.39 is 41.4 Å². The van der Waals surface area contributed by atoms with Crippen molar-refractivity contribution in [2.24, 2.45) is 16.8 Å². The highest BCUT2D eigenvalue weighted by atomic mass is 16.5. The largest absolute Gasteiger partial charge is 0.496 e. The Morgan fingerprint density at radius 3 is 2.05 bits per heavy atom. The third-order valence-corrected chi connectivity index (χ3v) is 7.77. The molecule has 4 rings (SSSR count). The number of Topliss-reactive ketones (excluding diaryl/α,β-unsaturated/α-hetero) is 1.